The lowest BCUT2D eigenvalue weighted by molar-refractivity contribution is -0.119. The number of carbonyl (C=O) groups is 1. The molecule has 0 aliphatic heterocycles. The Morgan fingerprint density at radius 3 is 2.80 bits per heavy atom. The maximum absolute atomic E-state index is 10.8. The number of methoxy groups -OCH3 is 1. The average Bonchev–Trinajstić information content (AvgIpc) is 2.61. The van der Waals surface area contributed by atoms with Gasteiger partial charge in [-0.05, 0) is 48.8 Å². The van der Waals surface area contributed by atoms with Crippen molar-refractivity contribution in [3.05, 3.63) is 23.8 Å². The molecule has 0 aromatic heterocycles. The smallest absolute Gasteiger partial charge is 0.255 e. The van der Waals surface area contributed by atoms with Crippen LogP contribution in [0.5, 0.6) is 11.5 Å². The van der Waals surface area contributed by atoms with Gasteiger partial charge in [-0.1, -0.05) is 19.3 Å². The van der Waals surface area contributed by atoms with Gasteiger partial charge in [-0.15, -0.1) is 0 Å². The molecule has 0 atom stereocenters. The molecule has 136 valence electrons. The van der Waals surface area contributed by atoms with Crippen molar-refractivity contribution in [2.24, 2.45) is 10.8 Å². The van der Waals surface area contributed by atoms with Gasteiger partial charge in [0.05, 0.1) is 13.3 Å². The first-order chi connectivity index (χ1) is 12.1. The van der Waals surface area contributed by atoms with E-state index in [2.05, 4.69) is 15.8 Å². The second-order valence-electron chi connectivity index (χ2n) is 5.84. The highest BCUT2D eigenvalue weighted by Crippen LogP contribution is 2.27. The molecule has 1 saturated carbocycles. The molecule has 1 aliphatic carbocycles. The molecule has 0 spiro atoms. The summed E-state index contributed by atoms with van der Waals surface area (Å²) in [7, 11) is 1.52. The zero-order valence-corrected chi connectivity index (χ0v) is 15.1. The van der Waals surface area contributed by atoms with Crippen molar-refractivity contribution in [3.8, 4) is 11.5 Å². The maximum Gasteiger partial charge on any atom is 0.255 e. The number of amides is 1. The minimum absolute atomic E-state index is 0.202. The Hall–Kier alpha value is -2.35. The summed E-state index contributed by atoms with van der Waals surface area (Å²) in [6, 6.07) is 5.67. The lowest BCUT2D eigenvalue weighted by atomic mass is 9.96. The van der Waals surface area contributed by atoms with E-state index < -0.39 is 5.91 Å². The maximum atomic E-state index is 10.8. The van der Waals surface area contributed by atoms with Crippen molar-refractivity contribution >= 4 is 29.5 Å². The average molecular weight is 364 g/mol. The highest BCUT2D eigenvalue weighted by atomic mass is 32.1. The predicted octanol–water partition coefficient (Wildman–Crippen LogP) is 1.69. The molecule has 1 amide bonds. The van der Waals surface area contributed by atoms with E-state index in [1.54, 1.807) is 24.4 Å². The fourth-order valence-electron chi connectivity index (χ4n) is 2.66. The van der Waals surface area contributed by atoms with Crippen molar-refractivity contribution in [2.75, 3.05) is 13.7 Å². The predicted molar refractivity (Wildman–Crippen MR) is 101 cm³/mol. The van der Waals surface area contributed by atoms with Crippen LogP contribution in [0.3, 0.4) is 0 Å². The van der Waals surface area contributed by atoms with E-state index in [1.807, 2.05) is 0 Å². The molecule has 2 rings (SSSR count). The summed E-state index contributed by atoms with van der Waals surface area (Å²) in [5, 5.41) is 7.94. The van der Waals surface area contributed by atoms with Crippen molar-refractivity contribution in [1.29, 1.82) is 0 Å². The van der Waals surface area contributed by atoms with Gasteiger partial charge in [0.2, 0.25) is 0 Å². The topological polar surface area (TPSA) is 98.0 Å². The van der Waals surface area contributed by atoms with Crippen LogP contribution in [0.15, 0.2) is 23.3 Å². The second kappa shape index (κ2) is 9.83. The van der Waals surface area contributed by atoms with Gasteiger partial charge >= 0.3 is 0 Å². The molecule has 0 radical (unpaired) electrons. The zero-order chi connectivity index (χ0) is 18.1. The number of nitrogens with two attached hydrogens (primary N) is 1. The van der Waals surface area contributed by atoms with Gasteiger partial charge in [0.15, 0.2) is 23.2 Å². The highest BCUT2D eigenvalue weighted by Gasteiger charge is 2.13. The van der Waals surface area contributed by atoms with Gasteiger partial charge < -0.3 is 20.5 Å². The van der Waals surface area contributed by atoms with Crippen molar-refractivity contribution < 1.29 is 14.3 Å². The zero-order valence-electron chi connectivity index (χ0n) is 14.3. The third kappa shape index (κ3) is 6.58. The minimum Gasteiger partial charge on any atom is -0.493 e. The van der Waals surface area contributed by atoms with Crippen molar-refractivity contribution in [1.82, 2.24) is 10.7 Å². The lowest BCUT2D eigenvalue weighted by Gasteiger charge is -2.23. The molecular weight excluding hydrogens is 340 g/mol. The Balaban J connectivity index is 1.87. The number of hydrazone groups is 1. The van der Waals surface area contributed by atoms with Gasteiger partial charge in [-0.3, -0.25) is 10.2 Å². The summed E-state index contributed by atoms with van der Waals surface area (Å²) in [6.45, 7) is -0.202. The molecule has 25 heavy (non-hydrogen) atoms. The molecular formula is C17H24N4O3S. The number of benzene rings is 1. The van der Waals surface area contributed by atoms with E-state index in [0.717, 1.165) is 18.4 Å². The molecule has 1 aromatic carbocycles. The molecule has 0 unspecified atom stereocenters. The first kappa shape index (κ1) is 19.0. The minimum atomic E-state index is -0.545. The monoisotopic (exact) mass is 364 g/mol. The molecule has 7 nitrogen and oxygen atoms in total. The summed E-state index contributed by atoms with van der Waals surface area (Å²) >= 11 is 5.25. The molecule has 1 aromatic rings. The fourth-order valence-corrected chi connectivity index (χ4v) is 2.88. The van der Waals surface area contributed by atoms with E-state index >= 15 is 0 Å². The molecule has 0 heterocycles. The number of ether oxygens (including phenoxy) is 2. The Labute approximate surface area is 152 Å². The summed E-state index contributed by atoms with van der Waals surface area (Å²) in [5.41, 5.74) is 8.70. The van der Waals surface area contributed by atoms with Crippen molar-refractivity contribution in [2.45, 2.75) is 38.1 Å². The number of rotatable bonds is 7. The van der Waals surface area contributed by atoms with Crippen LogP contribution in [0, 0.1) is 0 Å². The highest BCUT2D eigenvalue weighted by molar-refractivity contribution is 7.80. The van der Waals surface area contributed by atoms with Crippen molar-refractivity contribution in [3.63, 3.8) is 0 Å². The molecule has 4 N–H and O–H groups in total. The van der Waals surface area contributed by atoms with Crippen LogP contribution in [0.4, 0.5) is 0 Å². The van der Waals surface area contributed by atoms with Crippen LogP contribution in [-0.4, -0.2) is 37.0 Å². The molecule has 0 saturated heterocycles. The van der Waals surface area contributed by atoms with E-state index in [-0.39, 0.29) is 6.61 Å². The normalized spacial score (nSPS) is 14.9. The van der Waals surface area contributed by atoms with Crippen LogP contribution >= 0.6 is 12.2 Å². The van der Waals surface area contributed by atoms with Gasteiger partial charge in [0.1, 0.15) is 0 Å². The van der Waals surface area contributed by atoms with Gasteiger partial charge in [0.25, 0.3) is 5.91 Å². The van der Waals surface area contributed by atoms with Crippen LogP contribution in [0.2, 0.25) is 0 Å². The number of thiocarbonyl (C=S) groups is 1. The number of nitrogens with zero attached hydrogens (tertiary/aromatic N) is 1. The first-order valence-electron chi connectivity index (χ1n) is 8.27. The number of hydrogen-bond acceptors (Lipinski definition) is 5. The van der Waals surface area contributed by atoms with E-state index in [9.17, 15) is 4.79 Å². The lowest BCUT2D eigenvalue weighted by Crippen LogP contribution is -2.40. The van der Waals surface area contributed by atoms with E-state index in [4.69, 9.17) is 27.4 Å². The standard InChI is InChI=1S/C17H24N4O3S/c1-23-15-9-12(7-8-14(15)24-11-16(18)22)10-19-21-17(25)20-13-5-3-2-4-6-13/h7-10,13H,2-6,11H2,1H3,(H2,18,22)(H2,20,21,25)/b19-10+. The van der Waals surface area contributed by atoms with Crippen LogP contribution < -0.4 is 25.9 Å². The number of nitrogens with one attached hydrogen (secondary N) is 2. The number of carbonyl (C=O) groups excluding carboxylic acids is 1. The Bertz CT molecular complexity index is 630. The number of primary amides is 1. The van der Waals surface area contributed by atoms with E-state index in [0.29, 0.717) is 22.7 Å². The van der Waals surface area contributed by atoms with Gasteiger partial charge in [-0.2, -0.15) is 5.10 Å². The molecule has 1 aliphatic rings. The summed E-state index contributed by atoms with van der Waals surface area (Å²) in [4.78, 5) is 10.8. The summed E-state index contributed by atoms with van der Waals surface area (Å²) in [6.07, 6.45) is 7.72. The molecule has 1 fully saturated rings. The quantitative estimate of drug-likeness (QED) is 0.387. The largest absolute Gasteiger partial charge is 0.493 e. The summed E-state index contributed by atoms with van der Waals surface area (Å²) in [5.74, 6) is 0.393. The van der Waals surface area contributed by atoms with Gasteiger partial charge in [0, 0.05) is 6.04 Å². The Morgan fingerprint density at radius 1 is 1.36 bits per heavy atom. The number of hydrogen-bond donors (Lipinski definition) is 3. The third-order valence-corrected chi connectivity index (χ3v) is 4.09. The van der Waals surface area contributed by atoms with Crippen LogP contribution in [0.1, 0.15) is 37.7 Å². The van der Waals surface area contributed by atoms with Gasteiger partial charge in [-0.25, -0.2) is 0 Å². The second-order valence-corrected chi connectivity index (χ2v) is 6.25. The SMILES string of the molecule is COc1cc(/C=N/NC(=S)NC2CCCCC2)ccc1OCC(N)=O. The van der Waals surface area contributed by atoms with Crippen LogP contribution in [0.25, 0.3) is 0 Å². The van der Waals surface area contributed by atoms with E-state index in [1.165, 1.54) is 26.4 Å². The van der Waals surface area contributed by atoms with Crippen LogP contribution in [-0.2, 0) is 4.79 Å². The first-order valence-corrected chi connectivity index (χ1v) is 8.68. The molecule has 0 bridgehead atoms. The fraction of sp³-hybridized carbons (Fsp3) is 0.471. The Morgan fingerprint density at radius 2 is 2.12 bits per heavy atom. The third-order valence-electron chi connectivity index (χ3n) is 3.88. The Kier molecular flexibility index (Phi) is 7.46. The summed E-state index contributed by atoms with van der Waals surface area (Å²) < 4.78 is 10.5. The molecule has 8 heteroatoms.